The molecule has 5 heteroatoms. The smallest absolute Gasteiger partial charge is 0.146 e. The van der Waals surface area contributed by atoms with Gasteiger partial charge in [0, 0.05) is 35.2 Å². The number of rotatable bonds is 4. The molecular formula is C16H14FN3S. The first-order chi connectivity index (χ1) is 10.2. The molecule has 1 unspecified atom stereocenters. The molecule has 0 bridgehead atoms. The normalized spacial score (nSPS) is 12.3. The van der Waals surface area contributed by atoms with Crippen LogP contribution in [0.2, 0.25) is 0 Å². The van der Waals surface area contributed by atoms with Crippen LogP contribution in [0.4, 0.5) is 4.39 Å². The number of pyridine rings is 1. The lowest BCUT2D eigenvalue weighted by Gasteiger charge is -2.10. The molecule has 21 heavy (non-hydrogen) atoms. The van der Waals surface area contributed by atoms with Crippen LogP contribution < -0.4 is 5.73 Å². The van der Waals surface area contributed by atoms with Crippen molar-refractivity contribution in [2.24, 2.45) is 5.73 Å². The lowest BCUT2D eigenvalue weighted by atomic mass is 10.1. The van der Waals surface area contributed by atoms with Crippen LogP contribution in [0, 0.1) is 5.82 Å². The van der Waals surface area contributed by atoms with Crippen LogP contribution >= 0.6 is 11.3 Å². The van der Waals surface area contributed by atoms with Crippen LogP contribution in [0.5, 0.6) is 0 Å². The van der Waals surface area contributed by atoms with Gasteiger partial charge in [-0.1, -0.05) is 30.3 Å². The van der Waals surface area contributed by atoms with Crippen molar-refractivity contribution in [3.63, 3.8) is 0 Å². The summed E-state index contributed by atoms with van der Waals surface area (Å²) in [4.78, 5) is 8.31. The first-order valence-corrected chi connectivity index (χ1v) is 7.47. The number of thiazole rings is 1. The predicted molar refractivity (Wildman–Crippen MR) is 82.4 cm³/mol. The van der Waals surface area contributed by atoms with Gasteiger partial charge >= 0.3 is 0 Å². The second kappa shape index (κ2) is 6.11. The van der Waals surface area contributed by atoms with Gasteiger partial charge in [0.25, 0.3) is 0 Å². The Balaban J connectivity index is 1.77. The molecule has 1 atom stereocenters. The van der Waals surface area contributed by atoms with E-state index < -0.39 is 6.04 Å². The molecule has 2 heterocycles. The summed E-state index contributed by atoms with van der Waals surface area (Å²) < 4.78 is 13.7. The highest BCUT2D eigenvalue weighted by Crippen LogP contribution is 2.25. The monoisotopic (exact) mass is 299 g/mol. The minimum absolute atomic E-state index is 0.371. The van der Waals surface area contributed by atoms with Crippen LogP contribution in [0.25, 0.3) is 11.3 Å². The Morgan fingerprint density at radius 1 is 1.19 bits per heavy atom. The number of nitrogens with two attached hydrogens (primary N) is 1. The zero-order chi connectivity index (χ0) is 14.7. The van der Waals surface area contributed by atoms with E-state index in [4.69, 9.17) is 5.73 Å². The van der Waals surface area contributed by atoms with Crippen LogP contribution in [0.3, 0.4) is 0 Å². The highest BCUT2D eigenvalue weighted by molar-refractivity contribution is 7.09. The first-order valence-electron chi connectivity index (χ1n) is 6.59. The van der Waals surface area contributed by atoms with Gasteiger partial charge in [-0.2, -0.15) is 0 Å². The summed E-state index contributed by atoms with van der Waals surface area (Å²) in [6.07, 6.45) is 3.25. The summed E-state index contributed by atoms with van der Waals surface area (Å²) in [7, 11) is 0. The average Bonchev–Trinajstić information content (AvgIpc) is 2.97. The minimum Gasteiger partial charge on any atom is -0.324 e. The van der Waals surface area contributed by atoms with E-state index in [1.54, 1.807) is 23.6 Å². The maximum Gasteiger partial charge on any atom is 0.146 e. The number of halogens is 1. The van der Waals surface area contributed by atoms with E-state index in [0.29, 0.717) is 12.0 Å². The minimum atomic E-state index is -0.414. The second-order valence-electron chi connectivity index (χ2n) is 4.70. The van der Waals surface area contributed by atoms with E-state index in [-0.39, 0.29) is 5.82 Å². The van der Waals surface area contributed by atoms with E-state index in [0.717, 1.165) is 16.3 Å². The van der Waals surface area contributed by atoms with Gasteiger partial charge in [0.05, 0.1) is 16.9 Å². The van der Waals surface area contributed by atoms with Crippen LogP contribution in [0.1, 0.15) is 16.6 Å². The number of nitrogens with zero attached hydrogens (tertiary/aromatic N) is 2. The van der Waals surface area contributed by atoms with Crippen molar-refractivity contribution in [2.45, 2.75) is 12.5 Å². The molecule has 0 saturated carbocycles. The highest BCUT2D eigenvalue weighted by atomic mass is 32.1. The maximum atomic E-state index is 13.7. The van der Waals surface area contributed by atoms with Crippen molar-refractivity contribution < 1.29 is 4.39 Å². The second-order valence-corrected chi connectivity index (χ2v) is 5.64. The molecule has 2 aromatic heterocycles. The Bertz CT molecular complexity index is 727. The first kappa shape index (κ1) is 13.9. The third-order valence-electron chi connectivity index (χ3n) is 3.22. The molecule has 1 aromatic carbocycles. The van der Waals surface area contributed by atoms with Crippen molar-refractivity contribution in [3.8, 4) is 11.3 Å². The quantitative estimate of drug-likeness (QED) is 0.801. The molecule has 3 aromatic rings. The van der Waals surface area contributed by atoms with Crippen molar-refractivity contribution in [1.29, 1.82) is 0 Å². The largest absolute Gasteiger partial charge is 0.324 e. The Kier molecular flexibility index (Phi) is 4.03. The van der Waals surface area contributed by atoms with Gasteiger partial charge in [-0.05, 0) is 6.07 Å². The summed E-state index contributed by atoms with van der Waals surface area (Å²) in [6, 6.07) is 11.2. The Hall–Kier alpha value is -2.11. The van der Waals surface area contributed by atoms with E-state index >= 15 is 0 Å². The molecule has 2 N–H and O–H groups in total. The van der Waals surface area contributed by atoms with Crippen molar-refractivity contribution in [2.75, 3.05) is 0 Å². The average molecular weight is 299 g/mol. The SMILES string of the molecule is NC(Cc1nc(-c2ccccc2)cs1)c1ccncc1F. The van der Waals surface area contributed by atoms with Crippen LogP contribution in [-0.4, -0.2) is 9.97 Å². The Morgan fingerprint density at radius 2 is 2.00 bits per heavy atom. The van der Waals surface area contributed by atoms with Crippen molar-refractivity contribution >= 4 is 11.3 Å². The van der Waals surface area contributed by atoms with Gasteiger partial charge in [0.1, 0.15) is 5.82 Å². The number of aromatic nitrogens is 2. The molecule has 0 aliphatic carbocycles. The molecule has 0 aliphatic heterocycles. The number of hydrogen-bond acceptors (Lipinski definition) is 4. The molecule has 106 valence electrons. The van der Waals surface area contributed by atoms with Gasteiger partial charge in [-0.15, -0.1) is 11.3 Å². The van der Waals surface area contributed by atoms with Crippen molar-refractivity contribution in [1.82, 2.24) is 9.97 Å². The number of benzene rings is 1. The summed E-state index contributed by atoms with van der Waals surface area (Å²) in [5, 5.41) is 2.90. The molecule has 3 nitrogen and oxygen atoms in total. The topological polar surface area (TPSA) is 51.8 Å². The molecule has 0 aliphatic rings. The van der Waals surface area contributed by atoms with Gasteiger partial charge < -0.3 is 5.73 Å². The maximum absolute atomic E-state index is 13.7. The van der Waals surface area contributed by atoms with E-state index in [9.17, 15) is 4.39 Å². The fraction of sp³-hybridized carbons (Fsp3) is 0.125. The zero-order valence-electron chi connectivity index (χ0n) is 11.2. The molecule has 0 amide bonds. The van der Waals surface area contributed by atoms with Gasteiger partial charge in [0.15, 0.2) is 0 Å². The molecule has 0 radical (unpaired) electrons. The fourth-order valence-corrected chi connectivity index (χ4v) is 2.99. The lowest BCUT2D eigenvalue weighted by Crippen LogP contribution is -2.15. The molecule has 0 fully saturated rings. The molecular weight excluding hydrogens is 285 g/mol. The van der Waals surface area contributed by atoms with E-state index in [1.165, 1.54) is 6.20 Å². The summed E-state index contributed by atoms with van der Waals surface area (Å²) >= 11 is 1.54. The molecule has 0 spiro atoms. The number of hydrogen-bond donors (Lipinski definition) is 1. The highest BCUT2D eigenvalue weighted by Gasteiger charge is 2.14. The molecule has 0 saturated heterocycles. The van der Waals surface area contributed by atoms with Crippen LogP contribution in [-0.2, 0) is 6.42 Å². The van der Waals surface area contributed by atoms with Crippen LogP contribution in [0.15, 0.2) is 54.2 Å². The van der Waals surface area contributed by atoms with E-state index in [1.807, 2.05) is 35.7 Å². The standard InChI is InChI=1S/C16H14FN3S/c17-13-9-19-7-6-12(13)14(18)8-16-20-15(10-21-16)11-4-2-1-3-5-11/h1-7,9-10,14H,8,18H2. The van der Waals surface area contributed by atoms with Gasteiger partial charge in [0.2, 0.25) is 0 Å². The molecule has 3 rings (SSSR count). The van der Waals surface area contributed by atoms with Crippen molar-refractivity contribution in [3.05, 3.63) is 70.6 Å². The Morgan fingerprint density at radius 3 is 2.76 bits per heavy atom. The van der Waals surface area contributed by atoms with E-state index in [2.05, 4.69) is 9.97 Å². The predicted octanol–water partition coefficient (Wildman–Crippen LogP) is 3.59. The third-order valence-corrected chi connectivity index (χ3v) is 4.09. The Labute approximate surface area is 126 Å². The lowest BCUT2D eigenvalue weighted by molar-refractivity contribution is 0.574. The zero-order valence-corrected chi connectivity index (χ0v) is 12.1. The summed E-state index contributed by atoms with van der Waals surface area (Å²) in [5.74, 6) is -0.371. The summed E-state index contributed by atoms with van der Waals surface area (Å²) in [5.41, 5.74) is 8.55. The summed E-state index contributed by atoms with van der Waals surface area (Å²) in [6.45, 7) is 0. The van der Waals surface area contributed by atoms with Gasteiger partial charge in [-0.3, -0.25) is 4.98 Å². The third kappa shape index (κ3) is 3.15. The van der Waals surface area contributed by atoms with Gasteiger partial charge in [-0.25, -0.2) is 9.37 Å². The fourth-order valence-electron chi connectivity index (χ4n) is 2.13.